The summed E-state index contributed by atoms with van der Waals surface area (Å²) in [6.07, 6.45) is 6.43. The highest BCUT2D eigenvalue weighted by molar-refractivity contribution is 5.26. The van der Waals surface area contributed by atoms with Crippen molar-refractivity contribution in [2.75, 3.05) is 0 Å². The topological polar surface area (TPSA) is 62.2 Å². The van der Waals surface area contributed by atoms with Crippen LogP contribution in [0.15, 0.2) is 35.4 Å². The first-order valence-electron chi connectivity index (χ1n) is 6.92. The van der Waals surface area contributed by atoms with E-state index in [-0.39, 0.29) is 11.1 Å². The first-order chi connectivity index (χ1) is 8.70. The van der Waals surface area contributed by atoms with Crippen LogP contribution in [-0.4, -0.2) is 11.1 Å². The fraction of sp³-hybridized carbons (Fsp3) is 0.600. The van der Waals surface area contributed by atoms with Gasteiger partial charge in [0.05, 0.1) is 0 Å². The van der Waals surface area contributed by atoms with Gasteiger partial charge in [0, 0.05) is 12.0 Å². The van der Waals surface area contributed by atoms with Gasteiger partial charge in [-0.3, -0.25) is 0 Å². The molecule has 1 aromatic carbocycles. The SMILES string of the molecule is N=NC1(Cc2ccccc2)C2CCCC1(N)CC2. The average Bonchev–Trinajstić information content (AvgIpc) is 2.54. The fourth-order valence-electron chi connectivity index (χ4n) is 4.15. The van der Waals surface area contributed by atoms with Crippen molar-refractivity contribution in [1.29, 1.82) is 5.53 Å². The van der Waals surface area contributed by atoms with Crippen LogP contribution in [0.3, 0.4) is 0 Å². The molecule has 0 spiro atoms. The van der Waals surface area contributed by atoms with Crippen LogP contribution >= 0.6 is 0 Å². The van der Waals surface area contributed by atoms with Gasteiger partial charge in [-0.15, -0.1) is 0 Å². The smallest absolute Gasteiger partial charge is 0.106 e. The summed E-state index contributed by atoms with van der Waals surface area (Å²) in [5.74, 6) is 0.508. The first-order valence-corrected chi connectivity index (χ1v) is 6.92. The average molecular weight is 243 g/mol. The van der Waals surface area contributed by atoms with Gasteiger partial charge in [0.15, 0.2) is 0 Å². The lowest BCUT2D eigenvalue weighted by Gasteiger charge is -2.46. The highest BCUT2D eigenvalue weighted by atomic mass is 15.1. The highest BCUT2D eigenvalue weighted by Crippen LogP contribution is 2.54. The van der Waals surface area contributed by atoms with Crippen LogP contribution in [0.1, 0.15) is 37.7 Å². The van der Waals surface area contributed by atoms with Crippen molar-refractivity contribution in [3.05, 3.63) is 35.9 Å². The summed E-state index contributed by atoms with van der Waals surface area (Å²) >= 11 is 0. The molecule has 2 saturated carbocycles. The maximum Gasteiger partial charge on any atom is 0.106 e. The van der Waals surface area contributed by atoms with Crippen LogP contribution in [-0.2, 0) is 6.42 Å². The van der Waals surface area contributed by atoms with Gasteiger partial charge in [0.2, 0.25) is 0 Å². The Morgan fingerprint density at radius 2 is 2.00 bits per heavy atom. The molecule has 3 unspecified atom stereocenters. The van der Waals surface area contributed by atoms with Gasteiger partial charge in [-0.1, -0.05) is 36.8 Å². The predicted molar refractivity (Wildman–Crippen MR) is 71.5 cm³/mol. The molecule has 96 valence electrons. The standard InChI is InChI=1S/C15H21N3/c16-14-9-4-7-13(8-10-14)15(14,18-17)11-12-5-2-1-3-6-12/h1-3,5-6,13,17H,4,7-11,16H2. The Hall–Kier alpha value is -1.22. The largest absolute Gasteiger partial charge is 0.323 e. The normalized spacial score (nSPS) is 38.6. The summed E-state index contributed by atoms with van der Waals surface area (Å²) in [6.45, 7) is 0. The molecule has 2 aliphatic carbocycles. The molecule has 2 bridgehead atoms. The minimum Gasteiger partial charge on any atom is -0.323 e. The van der Waals surface area contributed by atoms with E-state index in [4.69, 9.17) is 11.3 Å². The van der Waals surface area contributed by atoms with Crippen molar-refractivity contribution >= 4 is 0 Å². The van der Waals surface area contributed by atoms with Gasteiger partial charge in [-0.05, 0) is 37.2 Å². The van der Waals surface area contributed by atoms with Crippen molar-refractivity contribution in [1.82, 2.24) is 0 Å². The van der Waals surface area contributed by atoms with E-state index < -0.39 is 0 Å². The van der Waals surface area contributed by atoms with Crippen LogP contribution in [0.5, 0.6) is 0 Å². The first kappa shape index (κ1) is 11.8. The highest BCUT2D eigenvalue weighted by Gasteiger charge is 2.60. The van der Waals surface area contributed by atoms with Crippen molar-refractivity contribution < 1.29 is 0 Å². The van der Waals surface area contributed by atoms with E-state index in [2.05, 4.69) is 29.4 Å². The van der Waals surface area contributed by atoms with E-state index in [0.717, 1.165) is 25.7 Å². The van der Waals surface area contributed by atoms with Gasteiger partial charge in [-0.2, -0.15) is 5.11 Å². The van der Waals surface area contributed by atoms with Crippen molar-refractivity contribution in [3.8, 4) is 0 Å². The van der Waals surface area contributed by atoms with E-state index in [9.17, 15) is 0 Å². The summed E-state index contributed by atoms with van der Waals surface area (Å²) in [5.41, 5.74) is 15.1. The summed E-state index contributed by atoms with van der Waals surface area (Å²) < 4.78 is 0. The predicted octanol–water partition coefficient (Wildman–Crippen LogP) is 3.29. The summed E-state index contributed by atoms with van der Waals surface area (Å²) in [6, 6.07) is 10.4. The summed E-state index contributed by atoms with van der Waals surface area (Å²) in [7, 11) is 0. The van der Waals surface area contributed by atoms with Crippen LogP contribution in [0.25, 0.3) is 0 Å². The molecule has 3 nitrogen and oxygen atoms in total. The number of rotatable bonds is 3. The maximum atomic E-state index is 7.77. The van der Waals surface area contributed by atoms with E-state index in [1.807, 2.05) is 6.07 Å². The second-order valence-electron chi connectivity index (χ2n) is 5.98. The Kier molecular flexibility index (Phi) is 2.74. The molecule has 3 N–H and O–H groups in total. The minimum atomic E-state index is -0.341. The van der Waals surface area contributed by atoms with Gasteiger partial charge in [-0.25, -0.2) is 5.53 Å². The van der Waals surface area contributed by atoms with Crippen LogP contribution in [0.4, 0.5) is 0 Å². The second kappa shape index (κ2) is 4.16. The molecule has 2 aliphatic rings. The third kappa shape index (κ3) is 1.53. The number of benzene rings is 1. The molecular weight excluding hydrogens is 222 g/mol. The van der Waals surface area contributed by atoms with Gasteiger partial charge >= 0.3 is 0 Å². The Bertz CT molecular complexity index is 440. The summed E-state index contributed by atoms with van der Waals surface area (Å²) in [4.78, 5) is 0. The lowest BCUT2D eigenvalue weighted by atomic mass is 9.65. The van der Waals surface area contributed by atoms with Crippen molar-refractivity contribution in [2.24, 2.45) is 16.8 Å². The Morgan fingerprint density at radius 1 is 1.22 bits per heavy atom. The van der Waals surface area contributed by atoms with E-state index >= 15 is 0 Å². The molecule has 0 aliphatic heterocycles. The van der Waals surface area contributed by atoms with Gasteiger partial charge in [0.25, 0.3) is 0 Å². The van der Waals surface area contributed by atoms with E-state index in [1.54, 1.807) is 0 Å². The van der Waals surface area contributed by atoms with Gasteiger partial charge < -0.3 is 5.73 Å². The zero-order valence-electron chi connectivity index (χ0n) is 10.7. The lowest BCUT2D eigenvalue weighted by Crippen LogP contribution is -2.61. The molecular formula is C15H21N3. The van der Waals surface area contributed by atoms with Gasteiger partial charge in [0.1, 0.15) is 5.54 Å². The number of nitrogens with two attached hydrogens (primary N) is 1. The number of hydrogen-bond donors (Lipinski definition) is 2. The van der Waals surface area contributed by atoms with Crippen LogP contribution < -0.4 is 5.73 Å². The third-order valence-electron chi connectivity index (χ3n) is 5.17. The molecule has 0 heterocycles. The molecule has 1 aromatic rings. The zero-order valence-corrected chi connectivity index (χ0v) is 10.7. The van der Waals surface area contributed by atoms with Crippen LogP contribution in [0, 0.1) is 11.4 Å². The quantitative estimate of drug-likeness (QED) is 0.786. The number of nitrogens with zero attached hydrogens (tertiary/aromatic N) is 1. The molecule has 0 radical (unpaired) electrons. The monoisotopic (exact) mass is 243 g/mol. The fourth-order valence-corrected chi connectivity index (χ4v) is 4.15. The number of nitrogens with one attached hydrogen (secondary N) is 1. The third-order valence-corrected chi connectivity index (χ3v) is 5.17. The number of hydrogen-bond acceptors (Lipinski definition) is 3. The Labute approximate surface area is 108 Å². The molecule has 3 atom stereocenters. The molecule has 3 rings (SSSR count). The second-order valence-corrected chi connectivity index (χ2v) is 5.98. The number of fused-ring (bicyclic) bond motifs is 2. The van der Waals surface area contributed by atoms with E-state index in [1.165, 1.54) is 18.4 Å². The maximum absolute atomic E-state index is 7.77. The molecule has 0 saturated heterocycles. The summed E-state index contributed by atoms with van der Waals surface area (Å²) in [5, 5.41) is 4.10. The lowest BCUT2D eigenvalue weighted by molar-refractivity contribution is 0.136. The van der Waals surface area contributed by atoms with Crippen LogP contribution in [0.2, 0.25) is 0 Å². The molecule has 0 amide bonds. The molecule has 18 heavy (non-hydrogen) atoms. The van der Waals surface area contributed by atoms with Crippen molar-refractivity contribution in [3.63, 3.8) is 0 Å². The minimum absolute atomic E-state index is 0.243. The Morgan fingerprint density at radius 3 is 2.67 bits per heavy atom. The Balaban J connectivity index is 1.97. The zero-order chi connectivity index (χ0) is 12.6. The van der Waals surface area contributed by atoms with E-state index in [0.29, 0.717) is 5.92 Å². The molecule has 3 heteroatoms. The molecule has 0 aromatic heterocycles. The molecule has 2 fully saturated rings. The van der Waals surface area contributed by atoms with Crippen molar-refractivity contribution in [2.45, 2.75) is 49.6 Å².